The molecule has 1 unspecified atom stereocenters. The number of carbonyl (C=O) groups excluding carboxylic acids is 3. The zero-order valence-electron chi connectivity index (χ0n) is 22.9. The normalized spacial score (nSPS) is 19.6. The molecular formula is C31H33N5O4. The lowest BCUT2D eigenvalue weighted by Crippen LogP contribution is -2.52. The Kier molecular flexibility index (Phi) is 6.75. The van der Waals surface area contributed by atoms with E-state index in [1.165, 1.54) is 5.56 Å². The van der Waals surface area contributed by atoms with Gasteiger partial charge < -0.3 is 14.4 Å². The highest BCUT2D eigenvalue weighted by Gasteiger charge is 2.39. The summed E-state index contributed by atoms with van der Waals surface area (Å²) in [5.41, 5.74) is 6.74. The Morgan fingerprint density at radius 1 is 0.900 bits per heavy atom. The SMILES string of the molecule is Cc1cc(-c2ccc(CN3CCN(c4ccc5c(c4)C(=O)N(C4CCC(=O)NC4=O)C5)CC3)cc2)cn(C)c1=O. The number of amides is 3. The minimum atomic E-state index is -0.593. The van der Waals surface area contributed by atoms with Crippen molar-refractivity contribution in [1.82, 2.24) is 19.7 Å². The fraction of sp³-hybridized carbons (Fsp3) is 0.355. The van der Waals surface area contributed by atoms with Gasteiger partial charge in [0.25, 0.3) is 11.5 Å². The van der Waals surface area contributed by atoms with Gasteiger partial charge in [0.2, 0.25) is 11.8 Å². The second kappa shape index (κ2) is 10.4. The van der Waals surface area contributed by atoms with Gasteiger partial charge in [-0.15, -0.1) is 0 Å². The van der Waals surface area contributed by atoms with E-state index in [-0.39, 0.29) is 29.7 Å². The number of piperidine rings is 1. The van der Waals surface area contributed by atoms with Crippen LogP contribution in [0, 0.1) is 6.92 Å². The van der Waals surface area contributed by atoms with Gasteiger partial charge in [-0.05, 0) is 53.8 Å². The van der Waals surface area contributed by atoms with Crippen LogP contribution in [0.15, 0.2) is 59.5 Å². The van der Waals surface area contributed by atoms with Crippen LogP contribution in [-0.2, 0) is 29.7 Å². The average Bonchev–Trinajstić information content (AvgIpc) is 3.27. The Hall–Kier alpha value is -4.24. The molecule has 3 aromatic rings. The van der Waals surface area contributed by atoms with E-state index in [0.29, 0.717) is 18.5 Å². The predicted octanol–water partition coefficient (Wildman–Crippen LogP) is 2.44. The molecule has 6 rings (SSSR count). The van der Waals surface area contributed by atoms with Gasteiger partial charge in [-0.1, -0.05) is 30.3 Å². The van der Waals surface area contributed by atoms with Crippen molar-refractivity contribution in [2.24, 2.45) is 7.05 Å². The molecule has 4 heterocycles. The summed E-state index contributed by atoms with van der Waals surface area (Å²) in [5.74, 6) is -0.799. The second-order valence-electron chi connectivity index (χ2n) is 11.0. The van der Waals surface area contributed by atoms with Crippen molar-refractivity contribution in [2.45, 2.75) is 38.9 Å². The van der Waals surface area contributed by atoms with Gasteiger partial charge in [0.05, 0.1) is 0 Å². The van der Waals surface area contributed by atoms with Crippen molar-refractivity contribution in [1.29, 1.82) is 0 Å². The Morgan fingerprint density at radius 3 is 2.35 bits per heavy atom. The van der Waals surface area contributed by atoms with Gasteiger partial charge in [-0.2, -0.15) is 0 Å². The van der Waals surface area contributed by atoms with E-state index in [1.54, 1.807) is 16.5 Å². The van der Waals surface area contributed by atoms with Crippen molar-refractivity contribution < 1.29 is 14.4 Å². The van der Waals surface area contributed by atoms with E-state index in [4.69, 9.17) is 0 Å². The van der Waals surface area contributed by atoms with Gasteiger partial charge in [-0.25, -0.2) is 0 Å². The molecule has 2 saturated heterocycles. The number of piperazine rings is 1. The van der Waals surface area contributed by atoms with Crippen LogP contribution in [0.3, 0.4) is 0 Å². The largest absolute Gasteiger partial charge is 0.369 e. The zero-order chi connectivity index (χ0) is 28.0. The molecule has 1 N–H and O–H groups in total. The molecule has 1 aromatic heterocycles. The van der Waals surface area contributed by atoms with Gasteiger partial charge in [-0.3, -0.25) is 29.4 Å². The van der Waals surface area contributed by atoms with Crippen LogP contribution >= 0.6 is 0 Å². The maximum Gasteiger partial charge on any atom is 0.255 e. The molecule has 0 saturated carbocycles. The van der Waals surface area contributed by atoms with Crippen LogP contribution in [0.4, 0.5) is 5.69 Å². The highest BCUT2D eigenvalue weighted by atomic mass is 16.2. The molecule has 3 aliphatic heterocycles. The van der Waals surface area contributed by atoms with Gasteiger partial charge in [0.15, 0.2) is 0 Å². The molecular weight excluding hydrogens is 506 g/mol. The monoisotopic (exact) mass is 539 g/mol. The number of carbonyl (C=O) groups is 3. The van der Waals surface area contributed by atoms with E-state index in [1.807, 2.05) is 31.3 Å². The first-order valence-electron chi connectivity index (χ1n) is 13.8. The lowest BCUT2D eigenvalue weighted by Gasteiger charge is -2.36. The van der Waals surface area contributed by atoms with E-state index in [0.717, 1.165) is 60.7 Å². The third-order valence-electron chi connectivity index (χ3n) is 8.31. The third kappa shape index (κ3) is 4.93. The van der Waals surface area contributed by atoms with Crippen molar-refractivity contribution in [2.75, 3.05) is 31.1 Å². The molecule has 2 aromatic carbocycles. The lowest BCUT2D eigenvalue weighted by atomic mass is 10.0. The summed E-state index contributed by atoms with van der Waals surface area (Å²) >= 11 is 0. The number of rotatable bonds is 5. The standard InChI is InChI=1S/C31H33N5O4/c1-20-15-24(18-33(2)30(20)39)22-5-3-21(4-6-22)17-34-11-13-35(14-12-34)25-8-7-23-19-36(31(40)26(23)16-25)27-9-10-28(37)32-29(27)38/h3-8,15-16,18,27H,9-14,17,19H2,1-2H3,(H,32,37,38). The number of hydrogen-bond donors (Lipinski definition) is 1. The molecule has 2 fully saturated rings. The maximum absolute atomic E-state index is 13.2. The highest BCUT2D eigenvalue weighted by Crippen LogP contribution is 2.31. The first kappa shape index (κ1) is 26.0. The van der Waals surface area contributed by atoms with Crippen LogP contribution < -0.4 is 15.8 Å². The number of anilines is 1. The molecule has 0 aliphatic carbocycles. The van der Waals surface area contributed by atoms with Crippen molar-refractivity contribution >= 4 is 23.4 Å². The Balaban J connectivity index is 1.06. The first-order valence-corrected chi connectivity index (χ1v) is 13.8. The molecule has 0 spiro atoms. The summed E-state index contributed by atoms with van der Waals surface area (Å²) in [5, 5.41) is 2.36. The number of aryl methyl sites for hydroxylation is 2. The Labute approximate surface area is 233 Å². The fourth-order valence-corrected chi connectivity index (χ4v) is 6.00. The predicted molar refractivity (Wildman–Crippen MR) is 152 cm³/mol. The van der Waals surface area contributed by atoms with E-state index >= 15 is 0 Å². The summed E-state index contributed by atoms with van der Waals surface area (Å²) in [7, 11) is 1.78. The quantitative estimate of drug-likeness (QED) is 0.501. The van der Waals surface area contributed by atoms with Crippen LogP contribution in [0.2, 0.25) is 0 Å². The van der Waals surface area contributed by atoms with Crippen LogP contribution in [-0.4, -0.2) is 64.3 Å². The molecule has 3 aliphatic rings. The zero-order valence-corrected chi connectivity index (χ0v) is 22.9. The van der Waals surface area contributed by atoms with Crippen molar-refractivity contribution in [3.63, 3.8) is 0 Å². The van der Waals surface area contributed by atoms with E-state index in [2.05, 4.69) is 45.4 Å². The molecule has 1 atom stereocenters. The van der Waals surface area contributed by atoms with E-state index < -0.39 is 6.04 Å². The van der Waals surface area contributed by atoms with Crippen LogP contribution in [0.5, 0.6) is 0 Å². The van der Waals surface area contributed by atoms with Crippen molar-refractivity contribution in [3.8, 4) is 11.1 Å². The highest BCUT2D eigenvalue weighted by molar-refractivity contribution is 6.05. The summed E-state index contributed by atoms with van der Waals surface area (Å²) < 4.78 is 1.63. The first-order chi connectivity index (χ1) is 19.3. The Morgan fingerprint density at radius 2 is 1.65 bits per heavy atom. The fourth-order valence-electron chi connectivity index (χ4n) is 6.00. The number of imide groups is 1. The van der Waals surface area contributed by atoms with Crippen molar-refractivity contribution in [3.05, 3.63) is 87.3 Å². The second-order valence-corrected chi connectivity index (χ2v) is 11.0. The summed E-state index contributed by atoms with van der Waals surface area (Å²) in [6.45, 7) is 6.65. The van der Waals surface area contributed by atoms with Gasteiger partial charge >= 0.3 is 0 Å². The molecule has 40 heavy (non-hydrogen) atoms. The van der Waals surface area contributed by atoms with E-state index in [9.17, 15) is 19.2 Å². The molecule has 0 radical (unpaired) electrons. The van der Waals surface area contributed by atoms with Gasteiger partial charge in [0.1, 0.15) is 6.04 Å². The molecule has 9 nitrogen and oxygen atoms in total. The summed E-state index contributed by atoms with van der Waals surface area (Å²) in [6, 6.07) is 15.9. The molecule has 0 bridgehead atoms. The molecule has 3 amide bonds. The number of aromatic nitrogens is 1. The average molecular weight is 540 g/mol. The smallest absolute Gasteiger partial charge is 0.255 e. The minimum absolute atomic E-state index is 0.0280. The number of hydrogen-bond acceptors (Lipinski definition) is 6. The van der Waals surface area contributed by atoms with Crippen LogP contribution in [0.25, 0.3) is 11.1 Å². The maximum atomic E-state index is 13.2. The number of nitrogens with one attached hydrogen (secondary N) is 1. The lowest BCUT2D eigenvalue weighted by molar-refractivity contribution is -0.136. The minimum Gasteiger partial charge on any atom is -0.369 e. The summed E-state index contributed by atoms with van der Waals surface area (Å²) in [6.07, 6.45) is 2.50. The summed E-state index contributed by atoms with van der Waals surface area (Å²) in [4.78, 5) is 55.4. The molecule has 206 valence electrons. The molecule has 9 heteroatoms. The van der Waals surface area contributed by atoms with Crippen LogP contribution in [0.1, 0.15) is 39.9 Å². The van der Waals surface area contributed by atoms with Gasteiger partial charge in [0, 0.05) is 75.7 Å². The Bertz CT molecular complexity index is 1530. The third-order valence-corrected chi connectivity index (χ3v) is 8.31. The number of benzene rings is 2. The number of nitrogens with zero attached hydrogens (tertiary/aromatic N) is 4. The number of fused-ring (bicyclic) bond motifs is 1. The number of pyridine rings is 1. The topological polar surface area (TPSA) is 95.0 Å².